The lowest BCUT2D eigenvalue weighted by Gasteiger charge is -2.29. The van der Waals surface area contributed by atoms with Gasteiger partial charge in [-0.3, -0.25) is 9.69 Å². The molecule has 0 unspecified atom stereocenters. The van der Waals surface area contributed by atoms with Crippen LogP contribution in [0.1, 0.15) is 23.6 Å². The highest BCUT2D eigenvalue weighted by molar-refractivity contribution is 6.03. The van der Waals surface area contributed by atoms with Crippen LogP contribution < -0.4 is 4.74 Å². The average Bonchev–Trinajstić information content (AvgIpc) is 3.21. The van der Waals surface area contributed by atoms with E-state index in [4.69, 9.17) is 9.47 Å². The number of carbonyl (C=O) groups excluding carboxylic acids is 1. The number of hydrogen-bond acceptors (Lipinski definition) is 5. The van der Waals surface area contributed by atoms with E-state index in [1.165, 1.54) is 12.1 Å². The van der Waals surface area contributed by atoms with E-state index in [-0.39, 0.29) is 17.8 Å². The van der Waals surface area contributed by atoms with Crippen molar-refractivity contribution in [2.24, 2.45) is 5.10 Å². The number of hydrazone groups is 1. The molecule has 0 bridgehead atoms. The third-order valence-electron chi connectivity index (χ3n) is 5.31. The number of ether oxygens (including phenoxy) is 2. The van der Waals surface area contributed by atoms with Gasteiger partial charge in [0, 0.05) is 19.5 Å². The zero-order valence-corrected chi connectivity index (χ0v) is 16.4. The van der Waals surface area contributed by atoms with E-state index in [1.54, 1.807) is 24.3 Å². The van der Waals surface area contributed by atoms with Crippen LogP contribution in [0.5, 0.6) is 5.75 Å². The van der Waals surface area contributed by atoms with Crippen molar-refractivity contribution >= 4 is 11.6 Å². The van der Waals surface area contributed by atoms with E-state index in [0.717, 1.165) is 35.7 Å². The Bertz CT molecular complexity index is 877. The van der Waals surface area contributed by atoms with Gasteiger partial charge in [0.25, 0.3) is 5.91 Å². The van der Waals surface area contributed by atoms with Gasteiger partial charge in [-0.15, -0.1) is 0 Å². The van der Waals surface area contributed by atoms with Gasteiger partial charge in [-0.1, -0.05) is 12.1 Å². The molecule has 2 aromatic carbocycles. The molecule has 152 valence electrons. The summed E-state index contributed by atoms with van der Waals surface area (Å²) in [6.07, 6.45) is 0.576. The Morgan fingerprint density at radius 2 is 1.83 bits per heavy atom. The van der Waals surface area contributed by atoms with Crippen molar-refractivity contribution in [2.75, 3.05) is 40.0 Å². The summed E-state index contributed by atoms with van der Waals surface area (Å²) < 4.78 is 24.0. The number of morpholine rings is 1. The Morgan fingerprint density at radius 1 is 1.14 bits per heavy atom. The van der Waals surface area contributed by atoms with Gasteiger partial charge in [0.05, 0.1) is 38.6 Å². The normalized spacial score (nSPS) is 19.9. The lowest BCUT2D eigenvalue weighted by molar-refractivity contribution is -0.135. The van der Waals surface area contributed by atoms with Crippen molar-refractivity contribution in [3.63, 3.8) is 0 Å². The highest BCUT2D eigenvalue weighted by Crippen LogP contribution is 2.33. The molecular weight excluding hydrogens is 373 g/mol. The van der Waals surface area contributed by atoms with Gasteiger partial charge in [-0.25, -0.2) is 9.40 Å². The van der Waals surface area contributed by atoms with Crippen LogP contribution in [0.3, 0.4) is 0 Å². The van der Waals surface area contributed by atoms with Crippen molar-refractivity contribution < 1.29 is 18.7 Å². The molecule has 1 fully saturated rings. The molecule has 0 radical (unpaired) electrons. The largest absolute Gasteiger partial charge is 0.497 e. The second-order valence-corrected chi connectivity index (χ2v) is 7.17. The molecule has 1 saturated heterocycles. The monoisotopic (exact) mass is 397 g/mol. The number of methoxy groups -OCH3 is 1. The van der Waals surface area contributed by atoms with Crippen LogP contribution in [0.4, 0.5) is 4.39 Å². The predicted molar refractivity (Wildman–Crippen MR) is 107 cm³/mol. The quantitative estimate of drug-likeness (QED) is 0.779. The van der Waals surface area contributed by atoms with Gasteiger partial charge >= 0.3 is 0 Å². The molecule has 0 aliphatic carbocycles. The zero-order valence-electron chi connectivity index (χ0n) is 16.4. The predicted octanol–water partition coefficient (Wildman–Crippen LogP) is 2.84. The first-order valence-corrected chi connectivity index (χ1v) is 9.73. The highest BCUT2D eigenvalue weighted by Gasteiger charge is 2.33. The smallest absolute Gasteiger partial charge is 0.257 e. The Kier molecular flexibility index (Phi) is 5.87. The summed E-state index contributed by atoms with van der Waals surface area (Å²) in [6.45, 7) is 3.02. The maximum absolute atomic E-state index is 13.4. The summed E-state index contributed by atoms with van der Waals surface area (Å²) in [4.78, 5) is 15.2. The van der Waals surface area contributed by atoms with E-state index in [9.17, 15) is 9.18 Å². The molecule has 1 amide bonds. The van der Waals surface area contributed by atoms with Gasteiger partial charge in [0.15, 0.2) is 0 Å². The third-order valence-corrected chi connectivity index (χ3v) is 5.31. The van der Waals surface area contributed by atoms with Crippen molar-refractivity contribution in [3.8, 4) is 5.75 Å². The van der Waals surface area contributed by atoms with Gasteiger partial charge in [0.1, 0.15) is 11.6 Å². The van der Waals surface area contributed by atoms with E-state index < -0.39 is 0 Å². The van der Waals surface area contributed by atoms with Crippen molar-refractivity contribution in [1.82, 2.24) is 9.91 Å². The molecule has 4 rings (SSSR count). The van der Waals surface area contributed by atoms with Crippen LogP contribution in [-0.2, 0) is 9.53 Å². The Labute approximate surface area is 169 Å². The number of amides is 1. The van der Waals surface area contributed by atoms with Gasteiger partial charge < -0.3 is 9.47 Å². The van der Waals surface area contributed by atoms with Crippen molar-refractivity contribution in [3.05, 3.63) is 65.5 Å². The van der Waals surface area contributed by atoms with Crippen molar-refractivity contribution in [1.29, 1.82) is 0 Å². The van der Waals surface area contributed by atoms with Crippen LogP contribution >= 0.6 is 0 Å². The summed E-state index contributed by atoms with van der Waals surface area (Å²) in [5, 5.41) is 6.23. The Balaban J connectivity index is 1.59. The summed E-state index contributed by atoms with van der Waals surface area (Å²) in [5.41, 5.74) is 2.64. The molecular formula is C22H24FN3O3. The number of halogens is 1. The maximum atomic E-state index is 13.4. The van der Waals surface area contributed by atoms with Crippen LogP contribution in [0.2, 0.25) is 0 Å². The standard InChI is InChI=1S/C22H24FN3O3/c1-28-19-8-4-16(5-9-19)20-14-21(17-2-6-18(23)7-3-17)26(24-20)22(27)15-25-10-12-29-13-11-25/h2-9,21H,10-15H2,1H3/t21-/m1/s1. The number of nitrogens with zero attached hydrogens (tertiary/aromatic N) is 3. The maximum Gasteiger partial charge on any atom is 0.257 e. The lowest BCUT2D eigenvalue weighted by atomic mass is 9.98. The number of rotatable bonds is 5. The highest BCUT2D eigenvalue weighted by atomic mass is 19.1. The molecule has 2 aliphatic heterocycles. The first-order chi connectivity index (χ1) is 14.1. The number of hydrogen-bond donors (Lipinski definition) is 0. The van der Waals surface area contributed by atoms with Gasteiger partial charge in [0.2, 0.25) is 0 Å². The summed E-state index contributed by atoms with van der Waals surface area (Å²) in [7, 11) is 1.62. The molecule has 1 atom stereocenters. The van der Waals surface area contributed by atoms with Crippen LogP contribution in [-0.4, -0.2) is 61.5 Å². The lowest BCUT2D eigenvalue weighted by Crippen LogP contribution is -2.43. The SMILES string of the molecule is COc1ccc(C2=NN(C(=O)CN3CCOCC3)[C@@H](c3ccc(F)cc3)C2)cc1. The molecule has 2 heterocycles. The molecule has 2 aromatic rings. The molecule has 0 spiro atoms. The van der Waals surface area contributed by atoms with Crippen molar-refractivity contribution in [2.45, 2.75) is 12.5 Å². The van der Waals surface area contributed by atoms with E-state index in [2.05, 4.69) is 10.0 Å². The Hall–Kier alpha value is -2.77. The van der Waals surface area contributed by atoms with E-state index >= 15 is 0 Å². The Morgan fingerprint density at radius 3 is 2.48 bits per heavy atom. The number of carbonyl (C=O) groups is 1. The summed E-state index contributed by atoms with van der Waals surface area (Å²) >= 11 is 0. The molecule has 6 nitrogen and oxygen atoms in total. The minimum absolute atomic E-state index is 0.0651. The minimum Gasteiger partial charge on any atom is -0.497 e. The summed E-state index contributed by atoms with van der Waals surface area (Å²) in [5.74, 6) is 0.404. The average molecular weight is 397 g/mol. The first kappa shape index (κ1) is 19.5. The molecule has 29 heavy (non-hydrogen) atoms. The second-order valence-electron chi connectivity index (χ2n) is 7.17. The molecule has 0 saturated carbocycles. The number of benzene rings is 2. The fourth-order valence-corrected chi connectivity index (χ4v) is 3.67. The van der Waals surface area contributed by atoms with Crippen LogP contribution in [0.25, 0.3) is 0 Å². The van der Waals surface area contributed by atoms with E-state index in [1.807, 2.05) is 24.3 Å². The molecule has 0 aromatic heterocycles. The molecule has 0 N–H and O–H groups in total. The van der Waals surface area contributed by atoms with Crippen LogP contribution in [0.15, 0.2) is 53.6 Å². The second kappa shape index (κ2) is 8.71. The van der Waals surface area contributed by atoms with Crippen LogP contribution in [0, 0.1) is 5.82 Å². The third kappa shape index (κ3) is 4.46. The van der Waals surface area contributed by atoms with E-state index in [0.29, 0.717) is 26.2 Å². The molecule has 2 aliphatic rings. The topological polar surface area (TPSA) is 54.4 Å². The summed E-state index contributed by atoms with van der Waals surface area (Å²) in [6, 6.07) is 13.7. The first-order valence-electron chi connectivity index (χ1n) is 9.73. The fourth-order valence-electron chi connectivity index (χ4n) is 3.67. The van der Waals surface area contributed by atoms with Gasteiger partial charge in [-0.05, 0) is 47.5 Å². The van der Waals surface area contributed by atoms with Gasteiger partial charge in [-0.2, -0.15) is 5.10 Å². The zero-order chi connectivity index (χ0) is 20.2. The molecule has 7 heteroatoms. The fraction of sp³-hybridized carbons (Fsp3) is 0.364. The minimum atomic E-state index is -0.297.